The van der Waals surface area contributed by atoms with Gasteiger partial charge >= 0.3 is 11.5 Å². The summed E-state index contributed by atoms with van der Waals surface area (Å²) in [6.45, 7) is 0. The van der Waals surface area contributed by atoms with Gasteiger partial charge in [0.15, 0.2) is 0 Å². The molecule has 0 saturated heterocycles. The first-order valence-electron chi connectivity index (χ1n) is 4.61. The highest BCUT2D eigenvalue weighted by atomic mass is 32.2. The first-order chi connectivity index (χ1) is 7.79. The van der Waals surface area contributed by atoms with Crippen LogP contribution in [0.1, 0.15) is 5.56 Å². The van der Waals surface area contributed by atoms with Crippen molar-refractivity contribution < 1.29 is 23.1 Å². The van der Waals surface area contributed by atoms with Gasteiger partial charge < -0.3 is 10.8 Å². The number of alkyl halides is 3. The molecule has 0 aliphatic rings. The number of thioether (sulfide) groups is 1. The average Bonchev–Trinajstić information content (AvgIpc) is 2.18. The van der Waals surface area contributed by atoms with E-state index in [-0.39, 0.29) is 28.6 Å². The number of rotatable bonds is 4. The minimum atomic E-state index is -4.40. The molecule has 0 heterocycles. The van der Waals surface area contributed by atoms with E-state index in [1.807, 2.05) is 0 Å². The molecular weight excluding hydrogens is 255 g/mol. The fourth-order valence-corrected chi connectivity index (χ4v) is 1.90. The van der Waals surface area contributed by atoms with Gasteiger partial charge in [-0.05, 0) is 29.8 Å². The van der Waals surface area contributed by atoms with Gasteiger partial charge in [0.05, 0.1) is 0 Å². The Morgan fingerprint density at radius 1 is 1.41 bits per heavy atom. The molecule has 0 amide bonds. The van der Waals surface area contributed by atoms with Crippen molar-refractivity contribution in [3.05, 3.63) is 29.8 Å². The highest BCUT2D eigenvalue weighted by Gasteiger charge is 2.30. The van der Waals surface area contributed by atoms with Gasteiger partial charge in [0.1, 0.15) is 6.04 Å². The highest BCUT2D eigenvalue weighted by Crippen LogP contribution is 2.38. The molecule has 0 spiro atoms. The fraction of sp³-hybridized carbons (Fsp3) is 0.300. The normalized spacial score (nSPS) is 13.4. The molecule has 0 saturated carbocycles. The molecule has 0 radical (unpaired) electrons. The largest absolute Gasteiger partial charge is 0.480 e. The van der Waals surface area contributed by atoms with Crippen LogP contribution in [0.2, 0.25) is 0 Å². The number of carbonyl (C=O) groups is 1. The Balaban J connectivity index is 2.88. The van der Waals surface area contributed by atoms with E-state index in [4.69, 9.17) is 10.8 Å². The van der Waals surface area contributed by atoms with E-state index in [0.29, 0.717) is 0 Å². The van der Waals surface area contributed by atoms with Crippen molar-refractivity contribution in [2.75, 3.05) is 0 Å². The third-order valence-electron chi connectivity index (χ3n) is 1.96. The summed E-state index contributed by atoms with van der Waals surface area (Å²) < 4.78 is 36.7. The number of benzene rings is 1. The molecule has 0 aliphatic carbocycles. The molecule has 3 N–H and O–H groups in total. The lowest BCUT2D eigenvalue weighted by atomic mass is 10.1. The Kier molecular flexibility index (Phi) is 4.41. The molecule has 7 heteroatoms. The van der Waals surface area contributed by atoms with Gasteiger partial charge in [0.25, 0.3) is 0 Å². The number of hydrogen-bond acceptors (Lipinski definition) is 3. The van der Waals surface area contributed by atoms with Crippen LogP contribution in [-0.4, -0.2) is 22.6 Å². The van der Waals surface area contributed by atoms with Crippen LogP contribution in [0.5, 0.6) is 0 Å². The maximum atomic E-state index is 12.2. The summed E-state index contributed by atoms with van der Waals surface area (Å²) in [6, 6.07) is 4.54. The van der Waals surface area contributed by atoms with Crippen LogP contribution in [0.15, 0.2) is 29.2 Å². The molecule has 0 bridgehead atoms. The number of aliphatic carboxylic acids is 1. The van der Waals surface area contributed by atoms with Gasteiger partial charge in [0, 0.05) is 4.90 Å². The molecule has 1 atom stereocenters. The predicted molar refractivity (Wildman–Crippen MR) is 57.7 cm³/mol. The van der Waals surface area contributed by atoms with Crippen molar-refractivity contribution in [3.8, 4) is 0 Å². The van der Waals surface area contributed by atoms with Gasteiger partial charge in [-0.3, -0.25) is 4.79 Å². The zero-order valence-electron chi connectivity index (χ0n) is 8.57. The second kappa shape index (κ2) is 5.42. The molecule has 3 nitrogen and oxygen atoms in total. The zero-order valence-corrected chi connectivity index (χ0v) is 9.39. The minimum absolute atomic E-state index is 0.0169. The number of carboxylic acid groups (broad SMARTS) is 1. The van der Waals surface area contributed by atoms with Gasteiger partial charge in [0.2, 0.25) is 0 Å². The Labute approximate surface area is 99.8 Å². The molecule has 0 aliphatic heterocycles. The Hall–Kier alpha value is -1.21. The quantitative estimate of drug-likeness (QED) is 0.820. The zero-order chi connectivity index (χ0) is 13.1. The van der Waals surface area contributed by atoms with E-state index < -0.39 is 17.5 Å². The van der Waals surface area contributed by atoms with Crippen molar-refractivity contribution in [1.82, 2.24) is 0 Å². The molecule has 94 valence electrons. The van der Waals surface area contributed by atoms with Crippen LogP contribution >= 0.6 is 11.8 Å². The van der Waals surface area contributed by atoms with Gasteiger partial charge in [-0.2, -0.15) is 13.2 Å². The SMILES string of the molecule is NC(Cc1ccccc1SC(F)(F)F)C(=O)O. The lowest BCUT2D eigenvalue weighted by Gasteiger charge is -2.12. The van der Waals surface area contributed by atoms with Gasteiger partial charge in [-0.25, -0.2) is 0 Å². The maximum absolute atomic E-state index is 12.2. The van der Waals surface area contributed by atoms with Gasteiger partial charge in [-0.15, -0.1) is 0 Å². The fourth-order valence-electron chi connectivity index (χ4n) is 1.22. The van der Waals surface area contributed by atoms with E-state index in [0.717, 1.165) is 0 Å². The van der Waals surface area contributed by atoms with Crippen LogP contribution in [0.4, 0.5) is 13.2 Å². The summed E-state index contributed by atoms with van der Waals surface area (Å²) in [5.41, 5.74) is 1.17. The summed E-state index contributed by atoms with van der Waals surface area (Å²) in [5, 5.41) is 8.61. The summed E-state index contributed by atoms with van der Waals surface area (Å²) in [4.78, 5) is 10.5. The number of carboxylic acids is 1. The molecule has 0 fully saturated rings. The second-order valence-electron chi connectivity index (χ2n) is 3.30. The first kappa shape index (κ1) is 13.9. The van der Waals surface area contributed by atoms with E-state index in [9.17, 15) is 18.0 Å². The molecule has 1 aromatic rings. The lowest BCUT2D eigenvalue weighted by molar-refractivity contribution is -0.138. The molecule has 17 heavy (non-hydrogen) atoms. The third kappa shape index (κ3) is 4.66. The Morgan fingerprint density at radius 3 is 2.53 bits per heavy atom. The van der Waals surface area contributed by atoms with Crippen LogP contribution in [0.3, 0.4) is 0 Å². The standard InChI is InChI=1S/C10H10F3NO2S/c11-10(12,13)17-8-4-2-1-3-6(8)5-7(14)9(15)16/h1-4,7H,5,14H2,(H,15,16). The van der Waals surface area contributed by atoms with E-state index in [1.165, 1.54) is 18.2 Å². The summed E-state index contributed by atoms with van der Waals surface area (Å²) in [7, 11) is 0. The smallest absolute Gasteiger partial charge is 0.446 e. The Bertz CT molecular complexity index is 409. The van der Waals surface area contributed by atoms with E-state index in [2.05, 4.69) is 0 Å². The van der Waals surface area contributed by atoms with Crippen molar-refractivity contribution in [3.63, 3.8) is 0 Å². The summed E-state index contributed by atoms with van der Waals surface area (Å²) >= 11 is -0.267. The third-order valence-corrected chi connectivity index (χ3v) is 2.80. The molecule has 0 aromatic heterocycles. The number of hydrogen-bond donors (Lipinski definition) is 2. The Morgan fingerprint density at radius 2 is 2.00 bits per heavy atom. The summed E-state index contributed by atoms with van der Waals surface area (Å²) in [5.74, 6) is -1.24. The molecule has 1 rings (SSSR count). The molecule has 1 unspecified atom stereocenters. The lowest BCUT2D eigenvalue weighted by Crippen LogP contribution is -2.32. The summed E-state index contributed by atoms with van der Waals surface area (Å²) in [6.07, 6.45) is -0.130. The minimum Gasteiger partial charge on any atom is -0.480 e. The van der Waals surface area contributed by atoms with Crippen LogP contribution in [0.25, 0.3) is 0 Å². The molecule has 1 aromatic carbocycles. The average molecular weight is 265 g/mol. The number of nitrogens with two attached hydrogens (primary N) is 1. The van der Waals surface area contributed by atoms with Gasteiger partial charge in [-0.1, -0.05) is 18.2 Å². The van der Waals surface area contributed by atoms with E-state index in [1.54, 1.807) is 6.07 Å². The first-order valence-corrected chi connectivity index (χ1v) is 5.43. The molecular formula is C10H10F3NO2S. The van der Waals surface area contributed by atoms with Crippen molar-refractivity contribution >= 4 is 17.7 Å². The highest BCUT2D eigenvalue weighted by molar-refractivity contribution is 8.00. The van der Waals surface area contributed by atoms with Crippen molar-refractivity contribution in [1.29, 1.82) is 0 Å². The van der Waals surface area contributed by atoms with Crippen molar-refractivity contribution in [2.45, 2.75) is 22.9 Å². The van der Waals surface area contributed by atoms with Crippen LogP contribution < -0.4 is 5.73 Å². The maximum Gasteiger partial charge on any atom is 0.446 e. The van der Waals surface area contributed by atoms with Crippen molar-refractivity contribution in [2.24, 2.45) is 5.73 Å². The predicted octanol–water partition coefficient (Wildman–Crippen LogP) is 2.25. The topological polar surface area (TPSA) is 63.3 Å². The van der Waals surface area contributed by atoms with E-state index >= 15 is 0 Å². The monoisotopic (exact) mass is 265 g/mol. The number of halogens is 3. The second-order valence-corrected chi connectivity index (χ2v) is 4.41. The van der Waals surface area contributed by atoms with Crippen LogP contribution in [0, 0.1) is 0 Å². The van der Waals surface area contributed by atoms with Crippen LogP contribution in [-0.2, 0) is 11.2 Å².